The van der Waals surface area contributed by atoms with E-state index in [1.807, 2.05) is 30.3 Å². The smallest absolute Gasteiger partial charge is 0.410 e. The fourth-order valence-electron chi connectivity index (χ4n) is 2.16. The first-order valence-electron chi connectivity index (χ1n) is 6.17. The van der Waals surface area contributed by atoms with Gasteiger partial charge < -0.3 is 15.7 Å². The quantitative estimate of drug-likeness (QED) is 0.374. The Bertz CT molecular complexity index is 461. The number of nitrogens with zero attached hydrogens (tertiary/aromatic N) is 2. The van der Waals surface area contributed by atoms with Gasteiger partial charge >= 0.3 is 6.09 Å². The Labute approximate surface area is 111 Å². The van der Waals surface area contributed by atoms with Crippen molar-refractivity contribution in [3.8, 4) is 0 Å². The molecular formula is C13H17N3O3. The third-order valence-electron chi connectivity index (χ3n) is 3.15. The second-order valence-corrected chi connectivity index (χ2v) is 4.42. The van der Waals surface area contributed by atoms with Gasteiger partial charge in [0.25, 0.3) is 0 Å². The van der Waals surface area contributed by atoms with Crippen LogP contribution in [-0.4, -0.2) is 34.6 Å². The summed E-state index contributed by atoms with van der Waals surface area (Å²) in [6.45, 7) is 0.785. The molecule has 19 heavy (non-hydrogen) atoms. The molecule has 1 fully saturated rings. The third-order valence-corrected chi connectivity index (χ3v) is 3.15. The Kier molecular flexibility index (Phi) is 4.22. The van der Waals surface area contributed by atoms with Gasteiger partial charge in [0.2, 0.25) is 0 Å². The Morgan fingerprint density at radius 3 is 2.89 bits per heavy atom. The van der Waals surface area contributed by atoms with Crippen molar-refractivity contribution >= 4 is 11.9 Å². The fourth-order valence-corrected chi connectivity index (χ4v) is 2.16. The van der Waals surface area contributed by atoms with Crippen LogP contribution in [0.2, 0.25) is 0 Å². The van der Waals surface area contributed by atoms with Crippen LogP contribution in [0.3, 0.4) is 0 Å². The molecule has 1 aromatic rings. The van der Waals surface area contributed by atoms with Crippen LogP contribution >= 0.6 is 0 Å². The van der Waals surface area contributed by atoms with E-state index in [9.17, 15) is 4.79 Å². The molecule has 1 aliphatic heterocycles. The van der Waals surface area contributed by atoms with Gasteiger partial charge in [0.1, 0.15) is 6.61 Å². The lowest BCUT2D eigenvalue weighted by Gasteiger charge is -2.22. The Hall–Kier alpha value is -2.24. The molecule has 1 aliphatic rings. The summed E-state index contributed by atoms with van der Waals surface area (Å²) >= 11 is 0. The first kappa shape index (κ1) is 13.2. The van der Waals surface area contributed by atoms with Gasteiger partial charge in [-0.25, -0.2) is 4.79 Å². The van der Waals surface area contributed by atoms with E-state index in [2.05, 4.69) is 5.16 Å². The second kappa shape index (κ2) is 6.08. The average molecular weight is 263 g/mol. The molecule has 1 atom stereocenters. The summed E-state index contributed by atoms with van der Waals surface area (Å²) in [4.78, 5) is 13.5. The number of amidine groups is 1. The predicted octanol–water partition coefficient (Wildman–Crippen LogP) is 1.53. The zero-order valence-corrected chi connectivity index (χ0v) is 10.5. The third kappa shape index (κ3) is 3.15. The van der Waals surface area contributed by atoms with E-state index >= 15 is 0 Å². The van der Waals surface area contributed by atoms with Gasteiger partial charge in [-0.15, -0.1) is 0 Å². The highest BCUT2D eigenvalue weighted by Gasteiger charge is 2.32. The molecule has 1 heterocycles. The van der Waals surface area contributed by atoms with Gasteiger partial charge in [-0.3, -0.25) is 4.90 Å². The van der Waals surface area contributed by atoms with Crippen LogP contribution in [0, 0.1) is 0 Å². The van der Waals surface area contributed by atoms with Gasteiger partial charge in [-0.2, -0.15) is 0 Å². The molecule has 2 rings (SSSR count). The van der Waals surface area contributed by atoms with Crippen LogP contribution in [0.25, 0.3) is 0 Å². The summed E-state index contributed by atoms with van der Waals surface area (Å²) in [6, 6.07) is 9.08. The molecule has 0 aromatic heterocycles. The van der Waals surface area contributed by atoms with Crippen molar-refractivity contribution in [2.24, 2.45) is 10.9 Å². The standard InChI is InChI=1S/C13H17N3O3/c14-12(15-18)11-7-4-8-16(11)13(17)19-9-10-5-2-1-3-6-10/h1-3,5-6,11,18H,4,7-9H2,(H2,14,15). The van der Waals surface area contributed by atoms with Crippen molar-refractivity contribution in [1.29, 1.82) is 0 Å². The van der Waals surface area contributed by atoms with Crippen molar-refractivity contribution in [3.63, 3.8) is 0 Å². The summed E-state index contributed by atoms with van der Waals surface area (Å²) in [5.74, 6) is 0.0501. The van der Waals surface area contributed by atoms with Crippen LogP contribution in [0.5, 0.6) is 0 Å². The highest BCUT2D eigenvalue weighted by atomic mass is 16.6. The number of rotatable bonds is 3. The second-order valence-electron chi connectivity index (χ2n) is 4.42. The molecule has 1 saturated heterocycles. The number of ether oxygens (including phenoxy) is 1. The molecule has 1 unspecified atom stereocenters. The van der Waals surface area contributed by atoms with Crippen LogP contribution in [0.15, 0.2) is 35.5 Å². The largest absolute Gasteiger partial charge is 0.445 e. The lowest BCUT2D eigenvalue weighted by Crippen LogP contribution is -2.44. The molecule has 0 saturated carbocycles. The van der Waals surface area contributed by atoms with Crippen molar-refractivity contribution in [1.82, 2.24) is 4.90 Å². The van der Waals surface area contributed by atoms with Crippen LogP contribution in [0.1, 0.15) is 18.4 Å². The van der Waals surface area contributed by atoms with E-state index < -0.39 is 6.09 Å². The van der Waals surface area contributed by atoms with Gasteiger partial charge in [-0.1, -0.05) is 35.5 Å². The minimum absolute atomic E-state index is 0.0501. The van der Waals surface area contributed by atoms with Gasteiger partial charge in [0, 0.05) is 6.54 Å². The minimum atomic E-state index is -0.432. The number of hydrogen-bond acceptors (Lipinski definition) is 4. The van der Waals surface area contributed by atoms with Gasteiger partial charge in [-0.05, 0) is 18.4 Å². The Morgan fingerprint density at radius 1 is 1.47 bits per heavy atom. The van der Waals surface area contributed by atoms with E-state index in [0.29, 0.717) is 13.0 Å². The van der Waals surface area contributed by atoms with Crippen molar-refractivity contribution in [2.75, 3.05) is 6.54 Å². The van der Waals surface area contributed by atoms with Crippen molar-refractivity contribution in [3.05, 3.63) is 35.9 Å². The van der Waals surface area contributed by atoms with Crippen molar-refractivity contribution in [2.45, 2.75) is 25.5 Å². The van der Waals surface area contributed by atoms with E-state index in [0.717, 1.165) is 12.0 Å². The number of hydrogen-bond donors (Lipinski definition) is 2. The molecule has 0 spiro atoms. The highest BCUT2D eigenvalue weighted by molar-refractivity contribution is 5.88. The molecular weight excluding hydrogens is 246 g/mol. The molecule has 0 aliphatic carbocycles. The number of carbonyl (C=O) groups excluding carboxylic acids is 1. The van der Waals surface area contributed by atoms with Crippen LogP contribution in [-0.2, 0) is 11.3 Å². The topological polar surface area (TPSA) is 88.2 Å². The fraction of sp³-hybridized carbons (Fsp3) is 0.385. The lowest BCUT2D eigenvalue weighted by atomic mass is 10.2. The van der Waals surface area contributed by atoms with E-state index in [-0.39, 0.29) is 18.5 Å². The number of oxime groups is 1. The first-order chi connectivity index (χ1) is 9.22. The van der Waals surface area contributed by atoms with E-state index in [1.54, 1.807) is 0 Å². The number of benzene rings is 1. The normalized spacial score (nSPS) is 19.5. The van der Waals surface area contributed by atoms with E-state index in [1.165, 1.54) is 4.90 Å². The zero-order valence-electron chi connectivity index (χ0n) is 10.5. The molecule has 3 N–H and O–H groups in total. The summed E-state index contributed by atoms with van der Waals surface area (Å²) < 4.78 is 5.23. The maximum Gasteiger partial charge on any atom is 0.410 e. The Balaban J connectivity index is 1.92. The minimum Gasteiger partial charge on any atom is -0.445 e. The molecule has 1 amide bonds. The number of likely N-dealkylation sites (tertiary alicyclic amines) is 1. The highest BCUT2D eigenvalue weighted by Crippen LogP contribution is 2.18. The molecule has 6 heteroatoms. The number of nitrogens with two attached hydrogens (primary N) is 1. The molecule has 102 valence electrons. The van der Waals surface area contributed by atoms with Gasteiger partial charge in [0.15, 0.2) is 5.84 Å². The average Bonchev–Trinajstić information content (AvgIpc) is 2.94. The summed E-state index contributed by atoms with van der Waals surface area (Å²) in [5.41, 5.74) is 6.49. The number of carbonyl (C=O) groups is 1. The first-order valence-corrected chi connectivity index (χ1v) is 6.17. The lowest BCUT2D eigenvalue weighted by molar-refractivity contribution is 0.0988. The SMILES string of the molecule is NC(=NO)C1CCCN1C(=O)OCc1ccccc1. The number of amides is 1. The molecule has 0 radical (unpaired) electrons. The van der Waals surface area contributed by atoms with Gasteiger partial charge in [0.05, 0.1) is 6.04 Å². The molecule has 1 aromatic carbocycles. The Morgan fingerprint density at radius 2 is 2.21 bits per heavy atom. The van der Waals surface area contributed by atoms with E-state index in [4.69, 9.17) is 15.7 Å². The monoisotopic (exact) mass is 263 g/mol. The molecule has 0 bridgehead atoms. The van der Waals surface area contributed by atoms with Crippen LogP contribution < -0.4 is 5.73 Å². The molecule has 6 nitrogen and oxygen atoms in total. The maximum absolute atomic E-state index is 12.0. The summed E-state index contributed by atoms with van der Waals surface area (Å²) in [5, 5.41) is 11.7. The zero-order chi connectivity index (χ0) is 13.7. The van der Waals surface area contributed by atoms with Crippen LogP contribution in [0.4, 0.5) is 4.79 Å². The summed E-state index contributed by atoms with van der Waals surface area (Å²) in [6.07, 6.45) is 1.08. The van der Waals surface area contributed by atoms with Crippen molar-refractivity contribution < 1.29 is 14.7 Å². The summed E-state index contributed by atoms with van der Waals surface area (Å²) in [7, 11) is 0. The predicted molar refractivity (Wildman–Crippen MR) is 69.8 cm³/mol. The maximum atomic E-state index is 12.0.